The zero-order valence-corrected chi connectivity index (χ0v) is 10.0. The van der Waals surface area contributed by atoms with Crippen molar-refractivity contribution in [2.45, 2.75) is 26.8 Å². The summed E-state index contributed by atoms with van der Waals surface area (Å²) in [6, 6.07) is 3.73. The van der Waals surface area contributed by atoms with Gasteiger partial charge < -0.3 is 14.6 Å². The first kappa shape index (κ1) is 12.8. The molecule has 0 aliphatic carbocycles. The number of amides is 1. The monoisotopic (exact) mass is 224 g/mol. The van der Waals surface area contributed by atoms with Gasteiger partial charge in [-0.1, -0.05) is 6.92 Å². The summed E-state index contributed by atoms with van der Waals surface area (Å²) in [6.45, 7) is 6.93. The van der Waals surface area contributed by atoms with Crippen molar-refractivity contribution < 1.29 is 9.21 Å². The zero-order chi connectivity index (χ0) is 11.8. The Morgan fingerprint density at radius 3 is 2.88 bits per heavy atom. The second-order valence-electron chi connectivity index (χ2n) is 3.59. The molecule has 4 heteroatoms. The molecule has 0 fully saturated rings. The molecule has 1 aromatic rings. The molecule has 0 radical (unpaired) electrons. The van der Waals surface area contributed by atoms with Gasteiger partial charge in [0, 0.05) is 19.5 Å². The van der Waals surface area contributed by atoms with E-state index in [1.54, 1.807) is 11.2 Å². The fraction of sp³-hybridized carbons (Fsp3) is 0.583. The van der Waals surface area contributed by atoms with Crippen molar-refractivity contribution in [3.63, 3.8) is 0 Å². The number of carbonyl (C=O) groups is 1. The Morgan fingerprint density at radius 2 is 2.31 bits per heavy atom. The lowest BCUT2D eigenvalue weighted by atomic mass is 10.3. The minimum Gasteiger partial charge on any atom is -0.467 e. The maximum absolute atomic E-state index is 11.8. The van der Waals surface area contributed by atoms with Crippen LogP contribution in [0.25, 0.3) is 0 Å². The fourth-order valence-corrected chi connectivity index (χ4v) is 1.50. The predicted molar refractivity (Wildman–Crippen MR) is 63.0 cm³/mol. The van der Waals surface area contributed by atoms with E-state index >= 15 is 0 Å². The van der Waals surface area contributed by atoms with Crippen LogP contribution in [-0.4, -0.2) is 30.4 Å². The molecule has 1 rings (SSSR count). The highest BCUT2D eigenvalue weighted by atomic mass is 16.3. The molecule has 0 aliphatic rings. The highest BCUT2D eigenvalue weighted by Gasteiger charge is 2.12. The van der Waals surface area contributed by atoms with Crippen LogP contribution in [0.2, 0.25) is 0 Å². The van der Waals surface area contributed by atoms with Gasteiger partial charge in [-0.15, -0.1) is 0 Å². The highest BCUT2D eigenvalue weighted by molar-refractivity contribution is 5.76. The summed E-state index contributed by atoms with van der Waals surface area (Å²) < 4.78 is 5.23. The van der Waals surface area contributed by atoms with Crippen LogP contribution < -0.4 is 5.32 Å². The Bertz CT molecular complexity index is 296. The Kier molecular flexibility index (Phi) is 5.64. The Morgan fingerprint density at radius 1 is 1.50 bits per heavy atom. The maximum atomic E-state index is 11.8. The third kappa shape index (κ3) is 4.06. The molecular formula is C12H20N2O2. The molecule has 1 aromatic heterocycles. The minimum atomic E-state index is 0.167. The SMILES string of the molecule is CCNCCC(=O)N(CC)Cc1ccco1. The summed E-state index contributed by atoms with van der Waals surface area (Å²) in [5, 5.41) is 3.15. The van der Waals surface area contributed by atoms with Gasteiger partial charge in [0.1, 0.15) is 5.76 Å². The Hall–Kier alpha value is -1.29. The molecule has 0 saturated heterocycles. The number of hydrogen-bond acceptors (Lipinski definition) is 3. The largest absolute Gasteiger partial charge is 0.467 e. The molecule has 0 aromatic carbocycles. The standard InChI is InChI=1S/C12H20N2O2/c1-3-13-8-7-12(15)14(4-2)10-11-6-5-9-16-11/h5-6,9,13H,3-4,7-8,10H2,1-2H3. The molecule has 1 N–H and O–H groups in total. The fourth-order valence-electron chi connectivity index (χ4n) is 1.50. The van der Waals surface area contributed by atoms with Crippen molar-refractivity contribution in [1.29, 1.82) is 0 Å². The lowest BCUT2D eigenvalue weighted by Crippen LogP contribution is -2.32. The number of nitrogens with one attached hydrogen (secondary N) is 1. The summed E-state index contributed by atoms with van der Waals surface area (Å²) in [5.74, 6) is 0.999. The number of furan rings is 1. The van der Waals surface area contributed by atoms with E-state index in [0.717, 1.165) is 18.8 Å². The first-order chi connectivity index (χ1) is 7.77. The average molecular weight is 224 g/mol. The van der Waals surface area contributed by atoms with Crippen molar-refractivity contribution in [2.75, 3.05) is 19.6 Å². The first-order valence-electron chi connectivity index (χ1n) is 5.78. The molecule has 0 aliphatic heterocycles. The molecule has 16 heavy (non-hydrogen) atoms. The quantitative estimate of drug-likeness (QED) is 0.716. The van der Waals surface area contributed by atoms with Gasteiger partial charge in [0.15, 0.2) is 0 Å². The zero-order valence-electron chi connectivity index (χ0n) is 10.0. The lowest BCUT2D eigenvalue weighted by Gasteiger charge is -2.19. The molecule has 0 atom stereocenters. The van der Waals surface area contributed by atoms with Gasteiger partial charge in [-0.2, -0.15) is 0 Å². The molecule has 4 nitrogen and oxygen atoms in total. The van der Waals surface area contributed by atoms with E-state index in [1.807, 2.05) is 26.0 Å². The molecule has 1 heterocycles. The van der Waals surface area contributed by atoms with Crippen LogP contribution in [-0.2, 0) is 11.3 Å². The number of nitrogens with zero attached hydrogens (tertiary/aromatic N) is 1. The van der Waals surface area contributed by atoms with Gasteiger partial charge in [0.25, 0.3) is 0 Å². The number of carbonyl (C=O) groups excluding carboxylic acids is 1. The molecule has 0 unspecified atom stereocenters. The minimum absolute atomic E-state index is 0.167. The van der Waals surface area contributed by atoms with Crippen molar-refractivity contribution in [1.82, 2.24) is 10.2 Å². The van der Waals surface area contributed by atoms with E-state index < -0.39 is 0 Å². The van der Waals surface area contributed by atoms with Gasteiger partial charge in [0.05, 0.1) is 12.8 Å². The molecule has 0 spiro atoms. The second kappa shape index (κ2) is 7.06. The molecule has 1 amide bonds. The van der Waals surface area contributed by atoms with Crippen molar-refractivity contribution >= 4 is 5.91 Å². The summed E-state index contributed by atoms with van der Waals surface area (Å²) in [6.07, 6.45) is 2.18. The number of hydrogen-bond donors (Lipinski definition) is 1. The Balaban J connectivity index is 2.38. The second-order valence-corrected chi connectivity index (χ2v) is 3.59. The van der Waals surface area contributed by atoms with Gasteiger partial charge in [-0.05, 0) is 25.6 Å². The van der Waals surface area contributed by atoms with Crippen molar-refractivity contribution in [2.24, 2.45) is 0 Å². The summed E-state index contributed by atoms with van der Waals surface area (Å²) in [5.41, 5.74) is 0. The van der Waals surface area contributed by atoms with E-state index in [1.165, 1.54) is 0 Å². The van der Waals surface area contributed by atoms with Gasteiger partial charge in [0.2, 0.25) is 5.91 Å². The molecule has 90 valence electrons. The van der Waals surface area contributed by atoms with Gasteiger partial charge in [-0.3, -0.25) is 4.79 Å². The molecule has 0 bridgehead atoms. The van der Waals surface area contributed by atoms with Crippen LogP contribution in [0.15, 0.2) is 22.8 Å². The maximum Gasteiger partial charge on any atom is 0.224 e. The molecular weight excluding hydrogens is 204 g/mol. The van der Waals surface area contributed by atoms with Crippen molar-refractivity contribution in [3.8, 4) is 0 Å². The van der Waals surface area contributed by atoms with E-state index in [-0.39, 0.29) is 5.91 Å². The van der Waals surface area contributed by atoms with E-state index in [9.17, 15) is 4.79 Å². The van der Waals surface area contributed by atoms with Crippen LogP contribution in [0.1, 0.15) is 26.0 Å². The summed E-state index contributed by atoms with van der Waals surface area (Å²) in [4.78, 5) is 13.6. The molecule has 0 saturated carbocycles. The van der Waals surface area contributed by atoms with Gasteiger partial charge >= 0.3 is 0 Å². The predicted octanol–water partition coefficient (Wildman–Crippen LogP) is 1.63. The lowest BCUT2D eigenvalue weighted by molar-refractivity contribution is -0.131. The van der Waals surface area contributed by atoms with Gasteiger partial charge in [-0.25, -0.2) is 0 Å². The number of rotatable bonds is 7. The smallest absolute Gasteiger partial charge is 0.224 e. The van der Waals surface area contributed by atoms with Crippen molar-refractivity contribution in [3.05, 3.63) is 24.2 Å². The van der Waals surface area contributed by atoms with E-state index in [2.05, 4.69) is 5.32 Å². The third-order valence-corrected chi connectivity index (χ3v) is 2.43. The van der Waals surface area contributed by atoms with E-state index in [4.69, 9.17) is 4.42 Å². The summed E-state index contributed by atoms with van der Waals surface area (Å²) in [7, 11) is 0. The van der Waals surface area contributed by atoms with Crippen LogP contribution >= 0.6 is 0 Å². The normalized spacial score (nSPS) is 10.4. The topological polar surface area (TPSA) is 45.5 Å². The van der Waals surface area contributed by atoms with Crippen LogP contribution in [0, 0.1) is 0 Å². The highest BCUT2D eigenvalue weighted by Crippen LogP contribution is 2.06. The van der Waals surface area contributed by atoms with Crippen LogP contribution in [0.3, 0.4) is 0 Å². The average Bonchev–Trinajstić information content (AvgIpc) is 2.78. The van der Waals surface area contributed by atoms with Crippen LogP contribution in [0.4, 0.5) is 0 Å². The van der Waals surface area contributed by atoms with Crippen LogP contribution in [0.5, 0.6) is 0 Å². The third-order valence-electron chi connectivity index (χ3n) is 2.43. The first-order valence-corrected chi connectivity index (χ1v) is 5.78. The summed E-state index contributed by atoms with van der Waals surface area (Å²) >= 11 is 0. The van der Waals surface area contributed by atoms with E-state index in [0.29, 0.717) is 19.5 Å². The Labute approximate surface area is 96.6 Å².